The SMILES string of the molecule is CCC(OCC1CO1)C(CC)OCC1CO1. The Labute approximate surface area is 97.2 Å². The number of hydrogen-bond donors (Lipinski definition) is 0. The molecule has 94 valence electrons. The number of epoxide rings is 2. The Balaban J connectivity index is 1.67. The minimum absolute atomic E-state index is 0.188. The second kappa shape index (κ2) is 5.96. The molecule has 0 aromatic heterocycles. The van der Waals surface area contributed by atoms with Crippen LogP contribution in [0.5, 0.6) is 0 Å². The zero-order chi connectivity index (χ0) is 11.4. The highest BCUT2D eigenvalue weighted by atomic mass is 16.6. The van der Waals surface area contributed by atoms with Crippen molar-refractivity contribution < 1.29 is 18.9 Å². The molecule has 4 unspecified atom stereocenters. The highest BCUT2D eigenvalue weighted by molar-refractivity contribution is 4.75. The van der Waals surface area contributed by atoms with Gasteiger partial charge >= 0.3 is 0 Å². The number of rotatable bonds is 9. The highest BCUT2D eigenvalue weighted by Crippen LogP contribution is 2.18. The molecule has 0 saturated carbocycles. The molecule has 2 rings (SSSR count). The fraction of sp³-hybridized carbons (Fsp3) is 1.00. The first kappa shape index (κ1) is 12.3. The maximum Gasteiger partial charge on any atom is 0.104 e. The zero-order valence-electron chi connectivity index (χ0n) is 10.2. The summed E-state index contributed by atoms with van der Waals surface area (Å²) in [4.78, 5) is 0. The molecule has 0 amide bonds. The normalized spacial score (nSPS) is 31.1. The molecule has 4 heteroatoms. The summed E-state index contributed by atoms with van der Waals surface area (Å²) in [6.45, 7) is 7.39. The topological polar surface area (TPSA) is 43.5 Å². The van der Waals surface area contributed by atoms with Crippen LogP contribution >= 0.6 is 0 Å². The minimum Gasteiger partial charge on any atom is -0.373 e. The van der Waals surface area contributed by atoms with E-state index < -0.39 is 0 Å². The van der Waals surface area contributed by atoms with Crippen LogP contribution in [0.3, 0.4) is 0 Å². The Bertz CT molecular complexity index is 179. The Hall–Kier alpha value is -0.160. The first-order valence-corrected chi connectivity index (χ1v) is 6.29. The zero-order valence-corrected chi connectivity index (χ0v) is 10.2. The van der Waals surface area contributed by atoms with E-state index in [1.165, 1.54) is 0 Å². The summed E-state index contributed by atoms with van der Waals surface area (Å²) in [5, 5.41) is 0. The van der Waals surface area contributed by atoms with Gasteiger partial charge in [-0.3, -0.25) is 0 Å². The van der Waals surface area contributed by atoms with Crippen molar-refractivity contribution in [3.8, 4) is 0 Å². The fourth-order valence-electron chi connectivity index (χ4n) is 1.77. The molecule has 2 aliphatic rings. The lowest BCUT2D eigenvalue weighted by atomic mass is 10.1. The van der Waals surface area contributed by atoms with Crippen molar-refractivity contribution in [3.63, 3.8) is 0 Å². The third-order valence-electron chi connectivity index (χ3n) is 3.02. The third kappa shape index (κ3) is 4.01. The summed E-state index contributed by atoms with van der Waals surface area (Å²) >= 11 is 0. The monoisotopic (exact) mass is 230 g/mol. The average Bonchev–Trinajstić information content (AvgIpc) is 3.16. The Kier molecular flexibility index (Phi) is 4.58. The summed E-state index contributed by atoms with van der Waals surface area (Å²) in [6, 6.07) is 0. The molecule has 0 aromatic rings. The van der Waals surface area contributed by atoms with Gasteiger partial charge in [-0.1, -0.05) is 13.8 Å². The average molecular weight is 230 g/mol. The van der Waals surface area contributed by atoms with Crippen LogP contribution in [0, 0.1) is 0 Å². The highest BCUT2D eigenvalue weighted by Gasteiger charge is 2.29. The first-order chi connectivity index (χ1) is 7.83. The van der Waals surface area contributed by atoms with Gasteiger partial charge in [-0.15, -0.1) is 0 Å². The maximum atomic E-state index is 5.83. The third-order valence-corrected chi connectivity index (χ3v) is 3.02. The van der Waals surface area contributed by atoms with E-state index in [9.17, 15) is 0 Å². The Morgan fingerprint density at radius 1 is 0.938 bits per heavy atom. The lowest BCUT2D eigenvalue weighted by molar-refractivity contribution is -0.0812. The van der Waals surface area contributed by atoms with Crippen LogP contribution in [-0.4, -0.2) is 50.8 Å². The van der Waals surface area contributed by atoms with E-state index >= 15 is 0 Å². The van der Waals surface area contributed by atoms with Crippen LogP contribution < -0.4 is 0 Å². The van der Waals surface area contributed by atoms with Crippen molar-refractivity contribution >= 4 is 0 Å². The molecule has 0 bridgehead atoms. The Morgan fingerprint density at radius 2 is 1.31 bits per heavy atom. The quantitative estimate of drug-likeness (QED) is 0.561. The predicted octanol–water partition coefficient (Wildman–Crippen LogP) is 1.37. The van der Waals surface area contributed by atoms with E-state index in [2.05, 4.69) is 13.8 Å². The van der Waals surface area contributed by atoms with E-state index in [-0.39, 0.29) is 12.2 Å². The molecule has 2 saturated heterocycles. The van der Waals surface area contributed by atoms with Gasteiger partial charge in [0.25, 0.3) is 0 Å². The molecule has 4 atom stereocenters. The van der Waals surface area contributed by atoms with Gasteiger partial charge in [0.2, 0.25) is 0 Å². The summed E-state index contributed by atoms with van der Waals surface area (Å²) < 4.78 is 21.9. The minimum atomic E-state index is 0.188. The van der Waals surface area contributed by atoms with Crippen LogP contribution in [-0.2, 0) is 18.9 Å². The maximum absolute atomic E-state index is 5.83. The lowest BCUT2D eigenvalue weighted by Gasteiger charge is -2.25. The van der Waals surface area contributed by atoms with Crippen LogP contribution in [0.1, 0.15) is 26.7 Å². The summed E-state index contributed by atoms with van der Waals surface area (Å²) in [5.41, 5.74) is 0. The summed E-state index contributed by atoms with van der Waals surface area (Å²) in [6.07, 6.45) is 3.01. The van der Waals surface area contributed by atoms with Crippen LogP contribution in [0.2, 0.25) is 0 Å². The molecule has 0 N–H and O–H groups in total. The van der Waals surface area contributed by atoms with Crippen LogP contribution in [0.25, 0.3) is 0 Å². The van der Waals surface area contributed by atoms with E-state index in [1.807, 2.05) is 0 Å². The van der Waals surface area contributed by atoms with E-state index in [1.54, 1.807) is 0 Å². The molecule has 0 aliphatic carbocycles. The smallest absolute Gasteiger partial charge is 0.104 e. The van der Waals surface area contributed by atoms with Gasteiger partial charge in [0.1, 0.15) is 12.2 Å². The standard InChI is InChI=1S/C12H22O4/c1-3-11(15-7-9-5-13-9)12(4-2)16-8-10-6-14-10/h9-12H,3-8H2,1-2H3. The van der Waals surface area contributed by atoms with Crippen LogP contribution in [0.15, 0.2) is 0 Å². The van der Waals surface area contributed by atoms with Crippen molar-refractivity contribution in [2.45, 2.75) is 51.1 Å². The molecule has 0 aromatic carbocycles. The number of ether oxygens (including phenoxy) is 4. The van der Waals surface area contributed by atoms with Crippen molar-refractivity contribution in [2.75, 3.05) is 26.4 Å². The Morgan fingerprint density at radius 3 is 1.56 bits per heavy atom. The van der Waals surface area contributed by atoms with E-state index in [0.717, 1.165) is 26.1 Å². The molecular formula is C12H22O4. The molecule has 2 heterocycles. The summed E-state index contributed by atoms with van der Waals surface area (Å²) in [7, 11) is 0. The first-order valence-electron chi connectivity index (χ1n) is 6.29. The molecule has 0 radical (unpaired) electrons. The van der Waals surface area contributed by atoms with Gasteiger partial charge in [0, 0.05) is 0 Å². The van der Waals surface area contributed by atoms with Gasteiger partial charge in [0.05, 0.1) is 38.6 Å². The lowest BCUT2D eigenvalue weighted by Crippen LogP contribution is -2.33. The number of hydrogen-bond acceptors (Lipinski definition) is 4. The van der Waals surface area contributed by atoms with Gasteiger partial charge in [-0.25, -0.2) is 0 Å². The molecule has 0 spiro atoms. The summed E-state index contributed by atoms with van der Waals surface area (Å²) in [5.74, 6) is 0. The van der Waals surface area contributed by atoms with Gasteiger partial charge < -0.3 is 18.9 Å². The second-order valence-electron chi connectivity index (χ2n) is 4.47. The van der Waals surface area contributed by atoms with Crippen molar-refractivity contribution in [1.82, 2.24) is 0 Å². The van der Waals surface area contributed by atoms with E-state index in [0.29, 0.717) is 25.4 Å². The largest absolute Gasteiger partial charge is 0.373 e. The molecular weight excluding hydrogens is 208 g/mol. The molecule has 4 nitrogen and oxygen atoms in total. The van der Waals surface area contributed by atoms with Crippen LogP contribution in [0.4, 0.5) is 0 Å². The van der Waals surface area contributed by atoms with Crippen molar-refractivity contribution in [2.24, 2.45) is 0 Å². The fourth-order valence-corrected chi connectivity index (χ4v) is 1.77. The van der Waals surface area contributed by atoms with Gasteiger partial charge in [0.15, 0.2) is 0 Å². The molecule has 16 heavy (non-hydrogen) atoms. The molecule has 2 aliphatic heterocycles. The van der Waals surface area contributed by atoms with Gasteiger partial charge in [-0.2, -0.15) is 0 Å². The van der Waals surface area contributed by atoms with E-state index in [4.69, 9.17) is 18.9 Å². The molecule has 2 fully saturated rings. The van der Waals surface area contributed by atoms with Crippen molar-refractivity contribution in [1.29, 1.82) is 0 Å². The second-order valence-corrected chi connectivity index (χ2v) is 4.47. The van der Waals surface area contributed by atoms with Gasteiger partial charge in [-0.05, 0) is 12.8 Å². The predicted molar refractivity (Wildman–Crippen MR) is 59.5 cm³/mol. The van der Waals surface area contributed by atoms with Crippen molar-refractivity contribution in [3.05, 3.63) is 0 Å².